The molecule has 0 radical (unpaired) electrons. The molecule has 0 aromatic heterocycles. The van der Waals surface area contributed by atoms with Crippen LogP contribution < -0.4 is 15.1 Å². The molecule has 0 aliphatic rings. The molecule has 0 bridgehead atoms. The normalized spacial score (nSPS) is 11.2. The lowest BCUT2D eigenvalue weighted by atomic mass is 10.1. The lowest BCUT2D eigenvalue weighted by Crippen LogP contribution is -2.18. The van der Waals surface area contributed by atoms with Crippen molar-refractivity contribution in [3.8, 4) is 0 Å². The number of anilines is 2. The third-order valence-corrected chi connectivity index (χ3v) is 5.57. The molecule has 0 saturated carbocycles. The Morgan fingerprint density at radius 2 is 1.56 bits per heavy atom. The number of rotatable bonds is 5. The Labute approximate surface area is 157 Å². The van der Waals surface area contributed by atoms with E-state index in [1.54, 1.807) is 18.2 Å². The molecule has 1 amide bonds. The number of hydroxylamine groups is 1. The van der Waals surface area contributed by atoms with Crippen LogP contribution in [0.5, 0.6) is 0 Å². The van der Waals surface area contributed by atoms with Crippen molar-refractivity contribution in [2.45, 2.75) is 4.90 Å². The molecule has 0 atom stereocenters. The molecular weight excluding hydrogens is 366 g/mol. The van der Waals surface area contributed by atoms with Gasteiger partial charge >= 0.3 is 0 Å². The van der Waals surface area contributed by atoms with Gasteiger partial charge in [0.25, 0.3) is 15.9 Å². The molecule has 3 rings (SSSR count). The topological polar surface area (TPSA) is 98.7 Å². The molecule has 0 unspecified atom stereocenters. The second-order valence-corrected chi connectivity index (χ2v) is 7.80. The van der Waals surface area contributed by atoms with Gasteiger partial charge in [-0.3, -0.25) is 14.7 Å². The molecular formula is C19H19N3O4S. The van der Waals surface area contributed by atoms with Gasteiger partial charge in [0.15, 0.2) is 0 Å². The number of nitrogens with one attached hydrogen (secondary N) is 2. The molecule has 27 heavy (non-hydrogen) atoms. The summed E-state index contributed by atoms with van der Waals surface area (Å²) in [5.74, 6) is -0.672. The van der Waals surface area contributed by atoms with E-state index in [2.05, 4.69) is 4.72 Å². The van der Waals surface area contributed by atoms with Gasteiger partial charge in [-0.1, -0.05) is 24.3 Å². The molecule has 140 valence electrons. The van der Waals surface area contributed by atoms with Crippen molar-refractivity contribution in [1.82, 2.24) is 5.48 Å². The Morgan fingerprint density at radius 1 is 0.926 bits per heavy atom. The standard InChI is InChI=1S/C19H19N3O4S/c1-22(2)17-7-3-6-16-15(17)5-4-8-18(16)27(25,26)21-14-11-9-13(10-12-14)19(23)20-24/h3-12,21,24H,1-2H3,(H,20,23). The minimum absolute atomic E-state index is 0.167. The first kappa shape index (κ1) is 18.7. The fourth-order valence-electron chi connectivity index (χ4n) is 2.85. The van der Waals surface area contributed by atoms with Gasteiger partial charge in [-0.15, -0.1) is 0 Å². The van der Waals surface area contributed by atoms with Crippen molar-refractivity contribution in [3.05, 3.63) is 66.2 Å². The van der Waals surface area contributed by atoms with Crippen LogP contribution in [0, 0.1) is 0 Å². The number of fused-ring (bicyclic) bond motifs is 1. The fraction of sp³-hybridized carbons (Fsp3) is 0.105. The Bertz CT molecular complexity index is 1090. The quantitative estimate of drug-likeness (QED) is 0.463. The number of sulfonamides is 1. The van der Waals surface area contributed by atoms with Crippen LogP contribution in [0.4, 0.5) is 11.4 Å². The van der Waals surface area contributed by atoms with Crippen LogP contribution in [0.2, 0.25) is 0 Å². The summed E-state index contributed by atoms with van der Waals surface area (Å²) in [5.41, 5.74) is 2.97. The van der Waals surface area contributed by atoms with Gasteiger partial charge in [-0.25, -0.2) is 13.9 Å². The third kappa shape index (κ3) is 3.71. The average Bonchev–Trinajstić information content (AvgIpc) is 2.66. The van der Waals surface area contributed by atoms with Crippen LogP contribution in [0.1, 0.15) is 10.4 Å². The van der Waals surface area contributed by atoms with Gasteiger partial charge < -0.3 is 4.90 Å². The number of carbonyl (C=O) groups excluding carboxylic acids is 1. The molecule has 0 aliphatic heterocycles. The highest BCUT2D eigenvalue weighted by molar-refractivity contribution is 7.93. The summed E-state index contributed by atoms with van der Waals surface area (Å²) in [6.07, 6.45) is 0. The van der Waals surface area contributed by atoms with Crippen molar-refractivity contribution < 1.29 is 18.4 Å². The van der Waals surface area contributed by atoms with Crippen LogP contribution in [0.25, 0.3) is 10.8 Å². The smallest absolute Gasteiger partial charge is 0.274 e. The van der Waals surface area contributed by atoms with E-state index < -0.39 is 15.9 Å². The largest absolute Gasteiger partial charge is 0.377 e. The van der Waals surface area contributed by atoms with E-state index in [1.807, 2.05) is 37.2 Å². The first-order valence-electron chi connectivity index (χ1n) is 8.10. The van der Waals surface area contributed by atoms with Gasteiger partial charge in [-0.2, -0.15) is 0 Å². The fourth-order valence-corrected chi connectivity index (χ4v) is 4.13. The van der Waals surface area contributed by atoms with Gasteiger partial charge in [0.1, 0.15) is 0 Å². The summed E-state index contributed by atoms with van der Waals surface area (Å²) < 4.78 is 28.4. The monoisotopic (exact) mass is 385 g/mol. The average molecular weight is 385 g/mol. The SMILES string of the molecule is CN(C)c1cccc2c(S(=O)(=O)Nc3ccc(C(=O)NO)cc3)cccc12. The lowest BCUT2D eigenvalue weighted by Gasteiger charge is -2.17. The number of nitrogens with zero attached hydrogens (tertiary/aromatic N) is 1. The second kappa shape index (κ2) is 7.26. The highest BCUT2D eigenvalue weighted by atomic mass is 32.2. The summed E-state index contributed by atoms with van der Waals surface area (Å²) in [6, 6.07) is 16.4. The van der Waals surface area contributed by atoms with Crippen LogP contribution in [0.3, 0.4) is 0 Å². The van der Waals surface area contributed by atoms with Gasteiger partial charge in [0, 0.05) is 41.8 Å². The molecule has 7 nitrogen and oxygen atoms in total. The predicted molar refractivity (Wildman–Crippen MR) is 105 cm³/mol. The zero-order valence-electron chi connectivity index (χ0n) is 14.8. The van der Waals surface area contributed by atoms with Gasteiger partial charge in [0.2, 0.25) is 0 Å². The van der Waals surface area contributed by atoms with E-state index in [1.165, 1.54) is 29.7 Å². The Balaban J connectivity index is 2.00. The molecule has 0 saturated heterocycles. The number of amides is 1. The zero-order valence-corrected chi connectivity index (χ0v) is 15.6. The zero-order chi connectivity index (χ0) is 19.6. The van der Waals surface area contributed by atoms with Crippen molar-refractivity contribution in [1.29, 1.82) is 0 Å². The minimum Gasteiger partial charge on any atom is -0.377 e. The summed E-state index contributed by atoms with van der Waals surface area (Å²) in [5, 5.41) is 10.1. The van der Waals surface area contributed by atoms with Crippen molar-refractivity contribution in [2.75, 3.05) is 23.7 Å². The lowest BCUT2D eigenvalue weighted by molar-refractivity contribution is 0.0706. The van der Waals surface area contributed by atoms with Crippen LogP contribution in [-0.2, 0) is 10.0 Å². The maximum atomic E-state index is 12.9. The molecule has 0 fully saturated rings. The summed E-state index contributed by atoms with van der Waals surface area (Å²) in [7, 11) is -0.0374. The van der Waals surface area contributed by atoms with Crippen LogP contribution in [-0.4, -0.2) is 33.6 Å². The van der Waals surface area contributed by atoms with Crippen molar-refractivity contribution in [3.63, 3.8) is 0 Å². The maximum Gasteiger partial charge on any atom is 0.274 e. The first-order chi connectivity index (χ1) is 12.8. The molecule has 8 heteroatoms. The summed E-state index contributed by atoms with van der Waals surface area (Å²) >= 11 is 0. The summed E-state index contributed by atoms with van der Waals surface area (Å²) in [6.45, 7) is 0. The Hall–Kier alpha value is -3.10. The molecule has 3 aromatic rings. The van der Waals surface area contributed by atoms with E-state index in [4.69, 9.17) is 5.21 Å². The number of benzene rings is 3. The second-order valence-electron chi connectivity index (χ2n) is 6.15. The van der Waals surface area contributed by atoms with E-state index in [-0.39, 0.29) is 10.5 Å². The molecule has 3 N–H and O–H groups in total. The van der Waals surface area contributed by atoms with Crippen LogP contribution in [0.15, 0.2) is 65.6 Å². The minimum atomic E-state index is -3.84. The van der Waals surface area contributed by atoms with E-state index >= 15 is 0 Å². The van der Waals surface area contributed by atoms with Crippen molar-refractivity contribution in [2.24, 2.45) is 0 Å². The van der Waals surface area contributed by atoms with Crippen LogP contribution >= 0.6 is 0 Å². The first-order valence-corrected chi connectivity index (χ1v) is 9.58. The molecule has 0 heterocycles. The van der Waals surface area contributed by atoms with Gasteiger partial charge in [-0.05, 0) is 36.4 Å². The maximum absolute atomic E-state index is 12.9. The predicted octanol–water partition coefficient (Wildman–Crippen LogP) is 2.83. The van der Waals surface area contributed by atoms with E-state index in [0.29, 0.717) is 11.1 Å². The van der Waals surface area contributed by atoms with Gasteiger partial charge in [0.05, 0.1) is 4.90 Å². The Kier molecular flexibility index (Phi) is 5.02. The Morgan fingerprint density at radius 3 is 2.19 bits per heavy atom. The molecule has 0 spiro atoms. The number of hydrogen-bond acceptors (Lipinski definition) is 5. The van der Waals surface area contributed by atoms with Crippen molar-refractivity contribution >= 4 is 38.1 Å². The van der Waals surface area contributed by atoms with E-state index in [9.17, 15) is 13.2 Å². The highest BCUT2D eigenvalue weighted by Gasteiger charge is 2.19. The summed E-state index contributed by atoms with van der Waals surface area (Å²) in [4.78, 5) is 13.5. The highest BCUT2D eigenvalue weighted by Crippen LogP contribution is 2.31. The third-order valence-electron chi connectivity index (χ3n) is 4.13. The number of hydrogen-bond donors (Lipinski definition) is 3. The number of carbonyl (C=O) groups is 1. The van der Waals surface area contributed by atoms with E-state index in [0.717, 1.165) is 11.1 Å². The molecule has 3 aromatic carbocycles. The molecule has 0 aliphatic carbocycles.